The number of carbonyl (C=O) groups excluding carboxylic acids is 1. The highest BCUT2D eigenvalue weighted by molar-refractivity contribution is 7.12. The largest absolute Gasteiger partial charge is 0.450 e. The fourth-order valence-corrected chi connectivity index (χ4v) is 3.66. The molecule has 1 aromatic rings. The summed E-state index contributed by atoms with van der Waals surface area (Å²) in [6.45, 7) is 5.46. The summed E-state index contributed by atoms with van der Waals surface area (Å²) in [5.41, 5.74) is -0.922. The van der Waals surface area contributed by atoms with Crippen molar-refractivity contribution in [2.75, 3.05) is 19.7 Å². The van der Waals surface area contributed by atoms with Crippen LogP contribution in [0.3, 0.4) is 0 Å². The predicted octanol–water partition coefficient (Wildman–Crippen LogP) is 4.15. The summed E-state index contributed by atoms with van der Waals surface area (Å²) >= 11 is 1.21. The number of fused-ring (bicyclic) bond motifs is 1. The van der Waals surface area contributed by atoms with E-state index in [0.29, 0.717) is 37.4 Å². The van der Waals surface area contributed by atoms with Gasteiger partial charge in [0.15, 0.2) is 0 Å². The smallest absolute Gasteiger partial charge is 0.409 e. The van der Waals surface area contributed by atoms with Gasteiger partial charge in [-0.25, -0.2) is 4.79 Å². The van der Waals surface area contributed by atoms with Crippen LogP contribution in [0.1, 0.15) is 36.1 Å². The molecule has 1 aliphatic heterocycles. The van der Waals surface area contributed by atoms with Crippen molar-refractivity contribution >= 4 is 17.4 Å². The monoisotopic (exact) mass is 335 g/mol. The number of alkyl halides is 3. The van der Waals surface area contributed by atoms with Gasteiger partial charge in [0.2, 0.25) is 0 Å². The van der Waals surface area contributed by atoms with E-state index < -0.39 is 11.6 Å². The van der Waals surface area contributed by atoms with Gasteiger partial charge in [-0.15, -0.1) is 11.3 Å². The van der Waals surface area contributed by atoms with Gasteiger partial charge >= 0.3 is 12.3 Å². The number of nitrogens with zero attached hydrogens (tertiary/aromatic N) is 1. The zero-order valence-corrected chi connectivity index (χ0v) is 13.7. The molecule has 0 unspecified atom stereocenters. The number of rotatable bonds is 2. The van der Waals surface area contributed by atoms with Crippen LogP contribution in [0.4, 0.5) is 18.0 Å². The summed E-state index contributed by atoms with van der Waals surface area (Å²) in [4.78, 5) is 14.6. The molecule has 0 aromatic carbocycles. The summed E-state index contributed by atoms with van der Waals surface area (Å²) in [6.07, 6.45) is -3.48. The van der Waals surface area contributed by atoms with Gasteiger partial charge in [0.1, 0.15) is 0 Å². The summed E-state index contributed by atoms with van der Waals surface area (Å²) in [5.74, 6) is 0. The Balaban J connectivity index is 2.16. The zero-order chi connectivity index (χ0) is 16.5. The molecule has 3 nitrogen and oxygen atoms in total. The van der Waals surface area contributed by atoms with Crippen molar-refractivity contribution in [3.8, 4) is 0 Å². The molecule has 0 aliphatic carbocycles. The lowest BCUT2D eigenvalue weighted by molar-refractivity contribution is -0.179. The summed E-state index contributed by atoms with van der Waals surface area (Å²) < 4.78 is 44.4. The maximum absolute atomic E-state index is 13.2. The molecule has 1 amide bonds. The van der Waals surface area contributed by atoms with Crippen LogP contribution in [-0.2, 0) is 23.0 Å². The second kappa shape index (κ2) is 6.10. The molecule has 0 atom stereocenters. The highest BCUT2D eigenvalue weighted by atomic mass is 32.1. The number of thiophene rings is 1. The normalized spacial score (nSPS) is 16.2. The van der Waals surface area contributed by atoms with Gasteiger partial charge in [-0.1, -0.05) is 0 Å². The Morgan fingerprint density at radius 2 is 1.95 bits per heavy atom. The topological polar surface area (TPSA) is 29.5 Å². The lowest BCUT2D eigenvalue weighted by Gasteiger charge is -2.26. The van der Waals surface area contributed by atoms with E-state index in [-0.39, 0.29) is 6.09 Å². The van der Waals surface area contributed by atoms with Crippen molar-refractivity contribution in [3.63, 3.8) is 0 Å². The van der Waals surface area contributed by atoms with E-state index in [1.54, 1.807) is 17.9 Å². The maximum Gasteiger partial charge on any atom is 0.409 e. The molecule has 0 fully saturated rings. The Hall–Kier alpha value is -1.24. The molecule has 2 heterocycles. The second-order valence-corrected chi connectivity index (χ2v) is 7.00. The van der Waals surface area contributed by atoms with Gasteiger partial charge in [-0.2, -0.15) is 13.2 Å². The SMILES string of the molecule is CCOC(=O)N1CCc2cc(C(C)(C)C(F)(F)F)sc2CC1. The van der Waals surface area contributed by atoms with E-state index in [1.165, 1.54) is 25.2 Å². The molecule has 7 heteroatoms. The Kier molecular flexibility index (Phi) is 4.75. The van der Waals surface area contributed by atoms with Crippen LogP contribution in [0.15, 0.2) is 6.07 Å². The van der Waals surface area contributed by atoms with Crippen LogP contribution in [0.2, 0.25) is 0 Å². The van der Waals surface area contributed by atoms with Crippen molar-refractivity contribution in [1.82, 2.24) is 4.90 Å². The Morgan fingerprint density at radius 3 is 2.55 bits per heavy atom. The first-order valence-corrected chi connectivity index (χ1v) is 8.09. The van der Waals surface area contributed by atoms with E-state index in [4.69, 9.17) is 4.74 Å². The van der Waals surface area contributed by atoms with Crippen molar-refractivity contribution in [2.45, 2.75) is 45.2 Å². The number of hydrogen-bond acceptors (Lipinski definition) is 3. The summed E-state index contributed by atoms with van der Waals surface area (Å²) in [6, 6.07) is 1.65. The maximum atomic E-state index is 13.2. The van der Waals surface area contributed by atoms with Gasteiger partial charge in [0, 0.05) is 22.8 Å². The molecule has 22 heavy (non-hydrogen) atoms. The lowest BCUT2D eigenvalue weighted by Crippen LogP contribution is -2.35. The first-order valence-electron chi connectivity index (χ1n) is 7.27. The van der Waals surface area contributed by atoms with E-state index in [9.17, 15) is 18.0 Å². The first-order chi connectivity index (χ1) is 10.2. The Morgan fingerprint density at radius 1 is 1.32 bits per heavy atom. The highest BCUT2D eigenvalue weighted by Gasteiger charge is 2.49. The van der Waals surface area contributed by atoms with Crippen molar-refractivity contribution in [2.24, 2.45) is 0 Å². The van der Waals surface area contributed by atoms with E-state index in [0.717, 1.165) is 10.4 Å². The van der Waals surface area contributed by atoms with Gasteiger partial charge < -0.3 is 9.64 Å². The molecule has 2 rings (SSSR count). The Labute approximate surface area is 132 Å². The summed E-state index contributed by atoms with van der Waals surface area (Å²) in [7, 11) is 0. The van der Waals surface area contributed by atoms with Gasteiger partial charge in [0.05, 0.1) is 12.0 Å². The van der Waals surface area contributed by atoms with Crippen molar-refractivity contribution in [3.05, 3.63) is 21.4 Å². The van der Waals surface area contributed by atoms with Gasteiger partial charge in [-0.05, 0) is 45.2 Å². The van der Waals surface area contributed by atoms with Crippen LogP contribution in [-0.4, -0.2) is 36.9 Å². The number of halogens is 3. The molecule has 124 valence electrons. The standard InChI is InChI=1S/C15H20F3NO2S/c1-4-21-13(20)19-7-5-10-9-12(22-11(10)6-8-19)14(2,3)15(16,17)18/h9H,4-8H2,1-3H3. The van der Waals surface area contributed by atoms with E-state index in [1.807, 2.05) is 0 Å². The average molecular weight is 335 g/mol. The number of carbonyl (C=O) groups is 1. The molecular weight excluding hydrogens is 315 g/mol. The lowest BCUT2D eigenvalue weighted by atomic mass is 9.90. The Bertz CT molecular complexity index is 526. The van der Waals surface area contributed by atoms with Crippen molar-refractivity contribution < 1.29 is 22.7 Å². The van der Waals surface area contributed by atoms with Crippen LogP contribution in [0.25, 0.3) is 0 Å². The number of ether oxygens (including phenoxy) is 1. The van der Waals surface area contributed by atoms with E-state index in [2.05, 4.69) is 0 Å². The quantitative estimate of drug-likeness (QED) is 0.813. The highest BCUT2D eigenvalue weighted by Crippen LogP contribution is 2.44. The van der Waals surface area contributed by atoms with Crippen LogP contribution in [0.5, 0.6) is 0 Å². The van der Waals surface area contributed by atoms with E-state index >= 15 is 0 Å². The molecular formula is C15H20F3NO2S. The third-order valence-electron chi connectivity index (χ3n) is 4.01. The first kappa shape index (κ1) is 17.1. The van der Waals surface area contributed by atoms with Crippen LogP contribution < -0.4 is 0 Å². The minimum atomic E-state index is -4.27. The fourth-order valence-electron chi connectivity index (χ4n) is 2.34. The number of amides is 1. The molecule has 0 N–H and O–H groups in total. The molecule has 1 aromatic heterocycles. The molecule has 0 saturated heterocycles. The minimum absolute atomic E-state index is 0.320. The molecule has 0 saturated carbocycles. The van der Waals surface area contributed by atoms with Crippen LogP contribution in [0, 0.1) is 0 Å². The summed E-state index contributed by atoms with van der Waals surface area (Å²) in [5, 5.41) is 0. The fraction of sp³-hybridized carbons (Fsp3) is 0.667. The van der Waals surface area contributed by atoms with Crippen LogP contribution >= 0.6 is 11.3 Å². The zero-order valence-electron chi connectivity index (χ0n) is 12.9. The average Bonchev–Trinajstić information content (AvgIpc) is 2.72. The molecule has 0 spiro atoms. The third-order valence-corrected chi connectivity index (χ3v) is 5.57. The molecule has 1 aliphatic rings. The third kappa shape index (κ3) is 3.24. The molecule has 0 radical (unpaired) electrons. The second-order valence-electron chi connectivity index (χ2n) is 5.87. The van der Waals surface area contributed by atoms with Crippen molar-refractivity contribution in [1.29, 1.82) is 0 Å². The predicted molar refractivity (Wildman–Crippen MR) is 79.4 cm³/mol. The van der Waals surface area contributed by atoms with Gasteiger partial charge in [0.25, 0.3) is 0 Å². The number of hydrogen-bond donors (Lipinski definition) is 0. The molecule has 0 bridgehead atoms. The minimum Gasteiger partial charge on any atom is -0.450 e. The van der Waals surface area contributed by atoms with Gasteiger partial charge in [-0.3, -0.25) is 0 Å².